The van der Waals surface area contributed by atoms with E-state index in [1.807, 2.05) is 37.4 Å². The summed E-state index contributed by atoms with van der Waals surface area (Å²) in [5.74, 6) is -1.42. The first kappa shape index (κ1) is 19.3. The Labute approximate surface area is 161 Å². The van der Waals surface area contributed by atoms with Gasteiger partial charge < -0.3 is 14.6 Å². The van der Waals surface area contributed by atoms with E-state index in [0.717, 1.165) is 23.3 Å². The normalized spacial score (nSPS) is 10.6. The molecule has 7 nitrogen and oxygen atoms in total. The van der Waals surface area contributed by atoms with Gasteiger partial charge in [0.1, 0.15) is 12.4 Å². The monoisotopic (exact) mass is 384 g/mol. The molecule has 0 saturated carbocycles. The summed E-state index contributed by atoms with van der Waals surface area (Å²) < 4.78 is 19.0. The Morgan fingerprint density at radius 2 is 1.89 bits per heavy atom. The molecule has 0 bridgehead atoms. The Morgan fingerprint density at radius 3 is 2.61 bits per heavy atom. The summed E-state index contributed by atoms with van der Waals surface area (Å²) in [6.07, 6.45) is 0.756. The lowest BCUT2D eigenvalue weighted by molar-refractivity contribution is -0.121. The van der Waals surface area contributed by atoms with Crippen LogP contribution in [0.4, 0.5) is 10.1 Å². The van der Waals surface area contributed by atoms with Gasteiger partial charge in [-0.05, 0) is 42.8 Å². The molecule has 0 spiro atoms. The molecule has 146 valence electrons. The van der Waals surface area contributed by atoms with Gasteiger partial charge in [0.15, 0.2) is 0 Å². The predicted molar refractivity (Wildman–Crippen MR) is 103 cm³/mol. The van der Waals surface area contributed by atoms with Gasteiger partial charge >= 0.3 is 5.76 Å². The van der Waals surface area contributed by atoms with Gasteiger partial charge in [-0.3, -0.25) is 4.79 Å². The van der Waals surface area contributed by atoms with Gasteiger partial charge in [0.05, 0.1) is 0 Å². The van der Waals surface area contributed by atoms with E-state index < -0.39 is 11.6 Å². The lowest BCUT2D eigenvalue weighted by Gasteiger charge is -2.19. The number of para-hydroxylation sites is 1. The van der Waals surface area contributed by atoms with Crippen LogP contribution in [-0.4, -0.2) is 35.8 Å². The van der Waals surface area contributed by atoms with Gasteiger partial charge in [0.25, 0.3) is 0 Å². The molecule has 1 N–H and O–H groups in total. The number of anilines is 1. The number of aromatic nitrogens is 2. The van der Waals surface area contributed by atoms with E-state index in [-0.39, 0.29) is 18.3 Å². The summed E-state index contributed by atoms with van der Waals surface area (Å²) >= 11 is 0. The number of rotatable bonds is 8. The molecule has 3 aromatic rings. The maximum Gasteiger partial charge on any atom is 0.437 e. The highest BCUT2D eigenvalue weighted by Crippen LogP contribution is 2.15. The van der Waals surface area contributed by atoms with E-state index in [2.05, 4.69) is 15.3 Å². The molecule has 8 heteroatoms. The SMILES string of the molecule is CN(CCCNC(=O)Cn1nc(-c2ccc(F)cc2)oc1=O)c1ccccc1. The zero-order valence-corrected chi connectivity index (χ0v) is 15.5. The Morgan fingerprint density at radius 1 is 1.18 bits per heavy atom. The van der Waals surface area contributed by atoms with Crippen molar-refractivity contribution in [1.29, 1.82) is 0 Å². The van der Waals surface area contributed by atoms with E-state index >= 15 is 0 Å². The summed E-state index contributed by atoms with van der Waals surface area (Å²) in [7, 11) is 1.99. The fraction of sp³-hybridized carbons (Fsp3) is 0.250. The molecule has 0 unspecified atom stereocenters. The maximum absolute atomic E-state index is 13.0. The number of amides is 1. The number of hydrogen-bond acceptors (Lipinski definition) is 5. The van der Waals surface area contributed by atoms with Crippen LogP contribution in [0, 0.1) is 5.82 Å². The van der Waals surface area contributed by atoms with Crippen molar-refractivity contribution in [3.63, 3.8) is 0 Å². The quantitative estimate of drug-likeness (QED) is 0.603. The van der Waals surface area contributed by atoms with Crippen molar-refractivity contribution in [3.8, 4) is 11.5 Å². The predicted octanol–water partition coefficient (Wildman–Crippen LogP) is 2.29. The molecule has 1 amide bonds. The van der Waals surface area contributed by atoms with Crippen molar-refractivity contribution in [2.45, 2.75) is 13.0 Å². The van der Waals surface area contributed by atoms with Gasteiger partial charge in [-0.2, -0.15) is 4.68 Å². The molecule has 28 heavy (non-hydrogen) atoms. The fourth-order valence-corrected chi connectivity index (χ4v) is 2.66. The van der Waals surface area contributed by atoms with Crippen LogP contribution in [0.5, 0.6) is 0 Å². The van der Waals surface area contributed by atoms with Gasteiger partial charge in [0.2, 0.25) is 11.8 Å². The maximum atomic E-state index is 13.0. The molecule has 0 saturated heterocycles. The van der Waals surface area contributed by atoms with Crippen LogP contribution in [-0.2, 0) is 11.3 Å². The Hall–Kier alpha value is -3.42. The molecule has 1 heterocycles. The minimum Gasteiger partial charge on any atom is -0.388 e. The van der Waals surface area contributed by atoms with Crippen LogP contribution in [0.1, 0.15) is 6.42 Å². The summed E-state index contributed by atoms with van der Waals surface area (Å²) in [6, 6.07) is 15.4. The zero-order chi connectivity index (χ0) is 19.9. The molecular formula is C20H21FN4O3. The first-order chi connectivity index (χ1) is 13.5. The molecular weight excluding hydrogens is 363 g/mol. The van der Waals surface area contributed by atoms with Crippen molar-refractivity contribution < 1.29 is 13.6 Å². The van der Waals surface area contributed by atoms with Crippen molar-refractivity contribution in [1.82, 2.24) is 15.1 Å². The van der Waals surface area contributed by atoms with Crippen LogP contribution in [0.2, 0.25) is 0 Å². The summed E-state index contributed by atoms with van der Waals surface area (Å²) in [5.41, 5.74) is 1.57. The molecule has 0 radical (unpaired) electrons. The van der Waals surface area contributed by atoms with Gasteiger partial charge in [0, 0.05) is 31.4 Å². The van der Waals surface area contributed by atoms with Gasteiger partial charge in [-0.1, -0.05) is 18.2 Å². The summed E-state index contributed by atoms with van der Waals surface area (Å²) in [5, 5.41) is 6.76. The molecule has 0 atom stereocenters. The smallest absolute Gasteiger partial charge is 0.388 e. The molecule has 0 aliphatic rings. The molecule has 1 aromatic heterocycles. The minimum absolute atomic E-state index is 0.0438. The molecule has 0 fully saturated rings. The largest absolute Gasteiger partial charge is 0.437 e. The highest BCUT2D eigenvalue weighted by atomic mass is 19.1. The standard InChI is InChI=1S/C20H21FN4O3/c1-24(17-6-3-2-4-7-17)13-5-12-22-18(26)14-25-20(27)28-19(23-25)15-8-10-16(21)11-9-15/h2-4,6-11H,5,12-14H2,1H3,(H,22,26). The molecule has 0 aliphatic heterocycles. The fourth-order valence-electron chi connectivity index (χ4n) is 2.66. The van der Waals surface area contributed by atoms with Crippen LogP contribution >= 0.6 is 0 Å². The van der Waals surface area contributed by atoms with Crippen molar-refractivity contribution in [2.24, 2.45) is 0 Å². The number of nitrogens with one attached hydrogen (secondary N) is 1. The van der Waals surface area contributed by atoms with E-state index in [9.17, 15) is 14.0 Å². The second-order valence-corrected chi connectivity index (χ2v) is 6.30. The molecule has 2 aromatic carbocycles. The highest BCUT2D eigenvalue weighted by molar-refractivity contribution is 5.75. The van der Waals surface area contributed by atoms with E-state index in [0.29, 0.717) is 12.1 Å². The number of nitrogens with zero attached hydrogens (tertiary/aromatic N) is 3. The Bertz CT molecular complexity index is 967. The lowest BCUT2D eigenvalue weighted by atomic mass is 10.2. The first-order valence-corrected chi connectivity index (χ1v) is 8.90. The van der Waals surface area contributed by atoms with Crippen LogP contribution in [0.15, 0.2) is 63.8 Å². The third-order valence-electron chi connectivity index (χ3n) is 4.18. The topological polar surface area (TPSA) is 80.4 Å². The molecule has 0 aliphatic carbocycles. The minimum atomic E-state index is -0.738. The average Bonchev–Trinajstić information content (AvgIpc) is 3.06. The summed E-state index contributed by atoms with van der Waals surface area (Å²) in [4.78, 5) is 26.0. The van der Waals surface area contributed by atoms with Crippen LogP contribution in [0.25, 0.3) is 11.5 Å². The highest BCUT2D eigenvalue weighted by Gasteiger charge is 2.13. The van der Waals surface area contributed by atoms with E-state index in [1.54, 1.807) is 0 Å². The Kier molecular flexibility index (Phi) is 6.21. The second kappa shape index (κ2) is 8.98. The van der Waals surface area contributed by atoms with Gasteiger partial charge in [-0.15, -0.1) is 5.10 Å². The van der Waals surface area contributed by atoms with E-state index in [1.165, 1.54) is 24.3 Å². The number of halogens is 1. The lowest BCUT2D eigenvalue weighted by Crippen LogP contribution is -2.33. The van der Waals surface area contributed by atoms with Crippen molar-refractivity contribution in [2.75, 3.05) is 25.0 Å². The Balaban J connectivity index is 1.47. The summed E-state index contributed by atoms with van der Waals surface area (Å²) in [6.45, 7) is 1.02. The average molecular weight is 384 g/mol. The van der Waals surface area contributed by atoms with Crippen LogP contribution in [0.3, 0.4) is 0 Å². The number of benzene rings is 2. The van der Waals surface area contributed by atoms with Crippen molar-refractivity contribution >= 4 is 11.6 Å². The number of carbonyl (C=O) groups excluding carboxylic acids is 1. The van der Waals surface area contributed by atoms with E-state index in [4.69, 9.17) is 4.42 Å². The van der Waals surface area contributed by atoms with Crippen molar-refractivity contribution in [3.05, 3.63) is 71.0 Å². The number of carbonyl (C=O) groups is 1. The van der Waals surface area contributed by atoms with Crippen LogP contribution < -0.4 is 16.0 Å². The first-order valence-electron chi connectivity index (χ1n) is 8.90. The third kappa shape index (κ3) is 5.06. The van der Waals surface area contributed by atoms with Gasteiger partial charge in [-0.25, -0.2) is 9.18 Å². The zero-order valence-electron chi connectivity index (χ0n) is 15.5. The second-order valence-electron chi connectivity index (χ2n) is 6.30. The number of hydrogen-bond donors (Lipinski definition) is 1. The molecule has 3 rings (SSSR count). The third-order valence-corrected chi connectivity index (χ3v) is 4.18.